The molecule has 1 heterocycles. The molecule has 1 aromatic carbocycles. The van der Waals surface area contributed by atoms with E-state index in [0.717, 1.165) is 30.8 Å². The van der Waals surface area contributed by atoms with E-state index in [4.69, 9.17) is 20.8 Å². The molecule has 0 aliphatic rings. The lowest BCUT2D eigenvalue weighted by Crippen LogP contribution is -2.04. The van der Waals surface area contributed by atoms with Gasteiger partial charge in [-0.15, -0.1) is 11.6 Å². The van der Waals surface area contributed by atoms with Crippen LogP contribution in [0, 0.1) is 0 Å². The molecule has 1 aromatic heterocycles. The molecular formula is C15H17ClO2. The maximum Gasteiger partial charge on any atom is 0.118 e. The molecule has 1 unspecified atom stereocenters. The minimum absolute atomic E-state index is 0.128. The molecule has 0 aliphatic heterocycles. The first-order chi connectivity index (χ1) is 8.78. The van der Waals surface area contributed by atoms with Gasteiger partial charge in [-0.3, -0.25) is 0 Å². The Morgan fingerprint density at radius 2 is 2.00 bits per heavy atom. The summed E-state index contributed by atoms with van der Waals surface area (Å²) in [5.74, 6) is 1.87. The lowest BCUT2D eigenvalue weighted by molar-refractivity contribution is 0.414. The van der Waals surface area contributed by atoms with E-state index in [2.05, 4.69) is 12.1 Å². The Bertz CT molecular complexity index is 448. The normalized spacial score (nSPS) is 12.3. The molecular weight excluding hydrogens is 248 g/mol. The van der Waals surface area contributed by atoms with Crippen LogP contribution in [0.15, 0.2) is 47.1 Å². The number of halogens is 1. The van der Waals surface area contributed by atoms with Crippen LogP contribution in [0.2, 0.25) is 0 Å². The molecule has 0 saturated heterocycles. The number of ether oxygens (including phenoxy) is 1. The molecule has 2 nitrogen and oxygen atoms in total. The van der Waals surface area contributed by atoms with E-state index in [-0.39, 0.29) is 5.38 Å². The van der Waals surface area contributed by atoms with Crippen LogP contribution in [0.5, 0.6) is 5.75 Å². The van der Waals surface area contributed by atoms with E-state index in [0.29, 0.717) is 0 Å². The predicted molar refractivity (Wildman–Crippen MR) is 73.4 cm³/mol. The van der Waals surface area contributed by atoms with Crippen molar-refractivity contribution in [3.8, 4) is 5.75 Å². The lowest BCUT2D eigenvalue weighted by Gasteiger charge is -2.09. The predicted octanol–water partition coefficient (Wildman–Crippen LogP) is 4.07. The first-order valence-electron chi connectivity index (χ1n) is 6.07. The summed E-state index contributed by atoms with van der Waals surface area (Å²) in [6, 6.07) is 11.9. The van der Waals surface area contributed by atoms with Gasteiger partial charge in [-0.1, -0.05) is 12.1 Å². The number of aryl methyl sites for hydroxylation is 1. The number of benzene rings is 1. The van der Waals surface area contributed by atoms with Crippen LogP contribution in [-0.2, 0) is 12.8 Å². The summed E-state index contributed by atoms with van der Waals surface area (Å²) in [5, 5.41) is 0.128. The molecule has 96 valence electrons. The smallest absolute Gasteiger partial charge is 0.118 e. The fraction of sp³-hybridized carbons (Fsp3) is 0.333. The Morgan fingerprint density at radius 3 is 2.61 bits per heavy atom. The molecule has 1 atom stereocenters. The van der Waals surface area contributed by atoms with Crippen molar-refractivity contribution in [2.45, 2.75) is 24.6 Å². The summed E-state index contributed by atoms with van der Waals surface area (Å²) in [6.07, 6.45) is 4.37. The maximum atomic E-state index is 6.33. The second kappa shape index (κ2) is 6.50. The highest BCUT2D eigenvalue weighted by atomic mass is 35.5. The zero-order chi connectivity index (χ0) is 12.8. The van der Waals surface area contributed by atoms with Crippen molar-refractivity contribution in [1.29, 1.82) is 0 Å². The molecule has 0 spiro atoms. The summed E-state index contributed by atoms with van der Waals surface area (Å²) in [6.45, 7) is 0. The van der Waals surface area contributed by atoms with Gasteiger partial charge in [0.15, 0.2) is 0 Å². The SMILES string of the molecule is COc1ccc(CC(Cl)CCc2ccco2)cc1. The average molecular weight is 265 g/mol. The van der Waals surface area contributed by atoms with Crippen LogP contribution in [0.25, 0.3) is 0 Å². The standard InChI is InChI=1S/C15H17ClO2/c1-17-14-7-4-12(5-8-14)11-13(16)6-9-15-3-2-10-18-15/h2-5,7-8,10,13H,6,9,11H2,1H3. The highest BCUT2D eigenvalue weighted by Crippen LogP contribution is 2.17. The highest BCUT2D eigenvalue weighted by molar-refractivity contribution is 6.20. The molecule has 0 bridgehead atoms. The van der Waals surface area contributed by atoms with E-state index in [1.807, 2.05) is 24.3 Å². The zero-order valence-corrected chi connectivity index (χ0v) is 11.2. The Balaban J connectivity index is 1.80. The summed E-state index contributed by atoms with van der Waals surface area (Å²) in [7, 11) is 1.67. The Labute approximate surface area is 113 Å². The minimum Gasteiger partial charge on any atom is -0.497 e. The van der Waals surface area contributed by atoms with Gasteiger partial charge in [0.2, 0.25) is 0 Å². The molecule has 0 N–H and O–H groups in total. The van der Waals surface area contributed by atoms with Gasteiger partial charge >= 0.3 is 0 Å². The van der Waals surface area contributed by atoms with Crippen molar-refractivity contribution >= 4 is 11.6 Å². The van der Waals surface area contributed by atoms with Crippen molar-refractivity contribution in [3.05, 3.63) is 54.0 Å². The summed E-state index contributed by atoms with van der Waals surface area (Å²) in [4.78, 5) is 0. The van der Waals surface area contributed by atoms with Crippen molar-refractivity contribution in [2.24, 2.45) is 0 Å². The Morgan fingerprint density at radius 1 is 1.22 bits per heavy atom. The molecule has 18 heavy (non-hydrogen) atoms. The van der Waals surface area contributed by atoms with Gasteiger partial charge in [0.1, 0.15) is 11.5 Å². The summed E-state index contributed by atoms with van der Waals surface area (Å²) < 4.78 is 10.4. The van der Waals surface area contributed by atoms with Crippen LogP contribution in [-0.4, -0.2) is 12.5 Å². The first-order valence-corrected chi connectivity index (χ1v) is 6.51. The first kappa shape index (κ1) is 13.0. The van der Waals surface area contributed by atoms with E-state index in [1.54, 1.807) is 13.4 Å². The van der Waals surface area contributed by atoms with Crippen molar-refractivity contribution in [2.75, 3.05) is 7.11 Å². The Hall–Kier alpha value is -1.41. The average Bonchev–Trinajstić information content (AvgIpc) is 2.90. The second-order valence-corrected chi connectivity index (χ2v) is 4.88. The van der Waals surface area contributed by atoms with Crippen molar-refractivity contribution < 1.29 is 9.15 Å². The van der Waals surface area contributed by atoms with Crippen LogP contribution in [0.1, 0.15) is 17.7 Å². The minimum atomic E-state index is 0.128. The maximum absolute atomic E-state index is 6.33. The number of hydrogen-bond donors (Lipinski definition) is 0. The molecule has 0 amide bonds. The van der Waals surface area contributed by atoms with Crippen molar-refractivity contribution in [1.82, 2.24) is 0 Å². The largest absolute Gasteiger partial charge is 0.497 e. The third-order valence-electron chi connectivity index (χ3n) is 2.90. The molecule has 2 aromatic rings. The van der Waals surface area contributed by atoms with E-state index >= 15 is 0 Å². The molecule has 0 aliphatic carbocycles. The molecule has 2 rings (SSSR count). The third kappa shape index (κ3) is 3.81. The number of alkyl halides is 1. The molecule has 0 radical (unpaired) electrons. The van der Waals surface area contributed by atoms with Gasteiger partial charge < -0.3 is 9.15 Å². The fourth-order valence-corrected chi connectivity index (χ4v) is 2.16. The van der Waals surface area contributed by atoms with E-state index in [9.17, 15) is 0 Å². The number of furan rings is 1. The van der Waals surface area contributed by atoms with E-state index < -0.39 is 0 Å². The number of hydrogen-bond acceptors (Lipinski definition) is 2. The number of rotatable bonds is 6. The fourth-order valence-electron chi connectivity index (χ4n) is 1.87. The summed E-state index contributed by atoms with van der Waals surface area (Å²) >= 11 is 6.33. The monoisotopic (exact) mass is 264 g/mol. The van der Waals surface area contributed by atoms with Gasteiger partial charge in [-0.2, -0.15) is 0 Å². The van der Waals surface area contributed by atoms with Gasteiger partial charge in [0, 0.05) is 11.8 Å². The van der Waals surface area contributed by atoms with E-state index in [1.165, 1.54) is 5.56 Å². The van der Waals surface area contributed by atoms with Crippen LogP contribution in [0.3, 0.4) is 0 Å². The van der Waals surface area contributed by atoms with Gasteiger partial charge in [-0.25, -0.2) is 0 Å². The van der Waals surface area contributed by atoms with Gasteiger partial charge in [0.05, 0.1) is 13.4 Å². The highest BCUT2D eigenvalue weighted by Gasteiger charge is 2.07. The quantitative estimate of drug-likeness (QED) is 0.734. The molecule has 0 saturated carbocycles. The van der Waals surface area contributed by atoms with Crippen molar-refractivity contribution in [3.63, 3.8) is 0 Å². The van der Waals surface area contributed by atoms with Crippen LogP contribution in [0.4, 0.5) is 0 Å². The third-order valence-corrected chi connectivity index (χ3v) is 3.27. The van der Waals surface area contributed by atoms with Gasteiger partial charge in [-0.05, 0) is 42.7 Å². The lowest BCUT2D eigenvalue weighted by atomic mass is 10.1. The molecule has 0 fully saturated rings. The van der Waals surface area contributed by atoms with Crippen LogP contribution >= 0.6 is 11.6 Å². The topological polar surface area (TPSA) is 22.4 Å². The zero-order valence-electron chi connectivity index (χ0n) is 10.4. The summed E-state index contributed by atoms with van der Waals surface area (Å²) in [5.41, 5.74) is 1.23. The second-order valence-electron chi connectivity index (χ2n) is 4.27. The number of methoxy groups -OCH3 is 1. The van der Waals surface area contributed by atoms with Gasteiger partial charge in [0.25, 0.3) is 0 Å². The Kier molecular flexibility index (Phi) is 4.71. The van der Waals surface area contributed by atoms with Crippen LogP contribution < -0.4 is 4.74 Å². The molecule has 3 heteroatoms.